The van der Waals surface area contributed by atoms with Gasteiger partial charge in [-0.1, -0.05) is 30.0 Å². The van der Waals surface area contributed by atoms with Gasteiger partial charge < -0.3 is 9.47 Å². The van der Waals surface area contributed by atoms with E-state index >= 15 is 0 Å². The second-order valence-corrected chi connectivity index (χ2v) is 7.64. The van der Waals surface area contributed by atoms with Crippen LogP contribution in [0.4, 0.5) is 5.69 Å². The molecule has 128 valence electrons. The second-order valence-electron chi connectivity index (χ2n) is 5.11. The Balaban J connectivity index is 1.88. The molecule has 1 aliphatic rings. The van der Waals surface area contributed by atoms with Crippen molar-refractivity contribution in [1.29, 1.82) is 0 Å². The predicted molar refractivity (Wildman–Crippen MR) is 109 cm³/mol. The quantitative estimate of drug-likeness (QED) is 0.505. The van der Waals surface area contributed by atoms with E-state index in [0.29, 0.717) is 9.23 Å². The minimum Gasteiger partial charge on any atom is -0.497 e. The summed E-state index contributed by atoms with van der Waals surface area (Å²) < 4.78 is 11.7. The van der Waals surface area contributed by atoms with Crippen LogP contribution < -0.4 is 14.4 Å². The molecule has 0 saturated carbocycles. The number of amides is 1. The van der Waals surface area contributed by atoms with Gasteiger partial charge in [0.15, 0.2) is 4.32 Å². The molecule has 1 fully saturated rings. The standard InChI is InChI=1S/C18H14BrNO3S2/c1-22-13-6-4-12(5-7-13)20-17(21)16(25-18(20)24)10-11-3-8-15(23-2)14(19)9-11/h3-10H,1-2H3/b16-10+. The highest BCUT2D eigenvalue weighted by Gasteiger charge is 2.33. The van der Waals surface area contributed by atoms with E-state index in [0.717, 1.165) is 27.2 Å². The number of methoxy groups -OCH3 is 2. The number of ether oxygens (including phenoxy) is 2. The highest BCUT2D eigenvalue weighted by Crippen LogP contribution is 2.37. The normalized spacial score (nSPS) is 15.8. The first kappa shape index (κ1) is 18.0. The molecule has 0 aromatic heterocycles. The maximum absolute atomic E-state index is 12.8. The first-order chi connectivity index (χ1) is 12.0. The molecule has 0 atom stereocenters. The van der Waals surface area contributed by atoms with Gasteiger partial charge in [0, 0.05) is 0 Å². The van der Waals surface area contributed by atoms with Crippen molar-refractivity contribution in [2.24, 2.45) is 0 Å². The van der Waals surface area contributed by atoms with Crippen LogP contribution in [0.15, 0.2) is 51.8 Å². The molecule has 7 heteroatoms. The third-order valence-electron chi connectivity index (χ3n) is 3.60. The molecular weight excluding hydrogens is 422 g/mol. The smallest absolute Gasteiger partial charge is 0.270 e. The average Bonchev–Trinajstić information content (AvgIpc) is 2.89. The molecule has 0 N–H and O–H groups in total. The summed E-state index contributed by atoms with van der Waals surface area (Å²) in [4.78, 5) is 14.9. The predicted octanol–water partition coefficient (Wildman–Crippen LogP) is 4.87. The fraction of sp³-hybridized carbons (Fsp3) is 0.111. The van der Waals surface area contributed by atoms with E-state index in [2.05, 4.69) is 15.9 Å². The van der Waals surface area contributed by atoms with Crippen molar-refractivity contribution >= 4 is 61.9 Å². The SMILES string of the molecule is COc1ccc(N2C(=O)/C(=C\c3ccc(OC)c(Br)c3)SC2=S)cc1. The Morgan fingerprint density at radius 2 is 1.84 bits per heavy atom. The lowest BCUT2D eigenvalue weighted by Crippen LogP contribution is -2.27. The topological polar surface area (TPSA) is 38.8 Å². The lowest BCUT2D eigenvalue weighted by atomic mass is 10.2. The van der Waals surface area contributed by atoms with Gasteiger partial charge >= 0.3 is 0 Å². The highest BCUT2D eigenvalue weighted by molar-refractivity contribution is 9.10. The monoisotopic (exact) mass is 435 g/mol. The van der Waals surface area contributed by atoms with Crippen molar-refractivity contribution in [3.8, 4) is 11.5 Å². The van der Waals surface area contributed by atoms with Gasteiger partial charge in [-0.25, -0.2) is 0 Å². The molecule has 0 radical (unpaired) electrons. The summed E-state index contributed by atoms with van der Waals surface area (Å²) in [6.07, 6.45) is 1.83. The third kappa shape index (κ3) is 3.73. The van der Waals surface area contributed by atoms with Crippen LogP contribution in [0, 0.1) is 0 Å². The number of halogens is 1. The number of rotatable bonds is 4. The molecule has 0 aliphatic carbocycles. The molecule has 1 heterocycles. The zero-order valence-electron chi connectivity index (χ0n) is 13.5. The molecule has 1 aliphatic heterocycles. The fourth-order valence-corrected chi connectivity index (χ4v) is 4.20. The molecular formula is C18H14BrNO3S2. The Hall–Kier alpha value is -1.83. The van der Waals surface area contributed by atoms with E-state index < -0.39 is 0 Å². The van der Waals surface area contributed by atoms with Crippen molar-refractivity contribution in [3.63, 3.8) is 0 Å². The van der Waals surface area contributed by atoms with E-state index in [9.17, 15) is 4.79 Å². The first-order valence-corrected chi connectivity index (χ1v) is 9.31. The summed E-state index contributed by atoms with van der Waals surface area (Å²) in [5, 5.41) is 0. The van der Waals surface area contributed by atoms with Crippen molar-refractivity contribution in [3.05, 3.63) is 57.4 Å². The molecule has 0 spiro atoms. The van der Waals surface area contributed by atoms with Gasteiger partial charge in [-0.2, -0.15) is 0 Å². The zero-order valence-corrected chi connectivity index (χ0v) is 16.7. The van der Waals surface area contributed by atoms with Gasteiger partial charge in [-0.3, -0.25) is 9.69 Å². The Labute approximate surface area is 163 Å². The molecule has 0 unspecified atom stereocenters. The van der Waals surface area contributed by atoms with Gasteiger partial charge in [-0.05, 0) is 64.0 Å². The Bertz CT molecular complexity index is 865. The van der Waals surface area contributed by atoms with E-state index in [-0.39, 0.29) is 5.91 Å². The number of hydrogen-bond donors (Lipinski definition) is 0. The maximum atomic E-state index is 12.8. The summed E-state index contributed by atoms with van der Waals surface area (Å²) in [5.41, 5.74) is 1.62. The minimum absolute atomic E-state index is 0.132. The van der Waals surface area contributed by atoms with Crippen LogP contribution in [0.5, 0.6) is 11.5 Å². The largest absolute Gasteiger partial charge is 0.497 e. The van der Waals surface area contributed by atoms with Crippen LogP contribution in [-0.2, 0) is 4.79 Å². The lowest BCUT2D eigenvalue weighted by Gasteiger charge is -2.14. The summed E-state index contributed by atoms with van der Waals surface area (Å²) in [5.74, 6) is 1.34. The molecule has 3 rings (SSSR count). The van der Waals surface area contributed by atoms with E-state index in [1.807, 2.05) is 36.4 Å². The number of nitrogens with zero attached hydrogens (tertiary/aromatic N) is 1. The van der Waals surface area contributed by atoms with Crippen LogP contribution in [0.1, 0.15) is 5.56 Å². The van der Waals surface area contributed by atoms with Crippen molar-refractivity contribution in [2.75, 3.05) is 19.1 Å². The van der Waals surface area contributed by atoms with Crippen LogP contribution in [0.2, 0.25) is 0 Å². The molecule has 2 aromatic carbocycles. The number of thiocarbonyl (C=S) groups is 1. The third-order valence-corrected chi connectivity index (χ3v) is 5.52. The van der Waals surface area contributed by atoms with Gasteiger partial charge in [0.2, 0.25) is 0 Å². The molecule has 4 nitrogen and oxygen atoms in total. The van der Waals surface area contributed by atoms with Gasteiger partial charge in [-0.15, -0.1) is 0 Å². The van der Waals surface area contributed by atoms with Gasteiger partial charge in [0.25, 0.3) is 5.91 Å². The Morgan fingerprint density at radius 1 is 1.12 bits per heavy atom. The fourth-order valence-electron chi connectivity index (χ4n) is 2.35. The minimum atomic E-state index is -0.132. The van der Waals surface area contributed by atoms with Crippen LogP contribution in [0.25, 0.3) is 6.08 Å². The molecule has 0 bridgehead atoms. The summed E-state index contributed by atoms with van der Waals surface area (Å²) >= 11 is 10.1. The van der Waals surface area contributed by atoms with Gasteiger partial charge in [0.05, 0.1) is 29.3 Å². The average molecular weight is 436 g/mol. The van der Waals surface area contributed by atoms with E-state index in [4.69, 9.17) is 21.7 Å². The molecule has 1 saturated heterocycles. The molecule has 1 amide bonds. The Kier molecular flexibility index (Phi) is 5.46. The molecule has 25 heavy (non-hydrogen) atoms. The first-order valence-electron chi connectivity index (χ1n) is 7.29. The Morgan fingerprint density at radius 3 is 2.44 bits per heavy atom. The van der Waals surface area contributed by atoms with Crippen LogP contribution >= 0.6 is 39.9 Å². The molecule has 2 aromatic rings. The number of carbonyl (C=O) groups is 1. The maximum Gasteiger partial charge on any atom is 0.270 e. The summed E-state index contributed by atoms with van der Waals surface area (Å²) in [7, 11) is 3.21. The highest BCUT2D eigenvalue weighted by atomic mass is 79.9. The zero-order chi connectivity index (χ0) is 18.0. The number of benzene rings is 2. The number of thioether (sulfide) groups is 1. The number of carbonyl (C=O) groups excluding carboxylic acids is 1. The number of hydrogen-bond acceptors (Lipinski definition) is 5. The van der Waals surface area contributed by atoms with Crippen molar-refractivity contribution in [1.82, 2.24) is 0 Å². The van der Waals surface area contributed by atoms with Crippen molar-refractivity contribution in [2.45, 2.75) is 0 Å². The van der Waals surface area contributed by atoms with E-state index in [1.54, 1.807) is 26.4 Å². The van der Waals surface area contributed by atoms with Crippen molar-refractivity contribution < 1.29 is 14.3 Å². The lowest BCUT2D eigenvalue weighted by molar-refractivity contribution is -0.113. The van der Waals surface area contributed by atoms with Crippen LogP contribution in [-0.4, -0.2) is 24.4 Å². The summed E-state index contributed by atoms with van der Waals surface area (Å²) in [6.45, 7) is 0. The summed E-state index contributed by atoms with van der Waals surface area (Å²) in [6, 6.07) is 12.9. The van der Waals surface area contributed by atoms with Crippen LogP contribution in [0.3, 0.4) is 0 Å². The number of anilines is 1. The van der Waals surface area contributed by atoms with E-state index in [1.165, 1.54) is 16.7 Å². The van der Waals surface area contributed by atoms with Gasteiger partial charge in [0.1, 0.15) is 11.5 Å². The second kappa shape index (κ2) is 7.59.